The molecule has 0 bridgehead atoms. The normalized spacial score (nSPS) is 11.8. The number of aliphatic hydroxyl groups excluding tert-OH is 1. The number of nitrogens with one attached hydrogen (secondary N) is 1. The van der Waals surface area contributed by atoms with Gasteiger partial charge in [-0.1, -0.05) is 6.07 Å². The lowest BCUT2D eigenvalue weighted by atomic mass is 10.2. The van der Waals surface area contributed by atoms with E-state index in [0.29, 0.717) is 29.6 Å². The fourth-order valence-electron chi connectivity index (χ4n) is 3.83. The van der Waals surface area contributed by atoms with Crippen LogP contribution in [0.1, 0.15) is 17.0 Å². The van der Waals surface area contributed by atoms with Crippen LogP contribution in [0, 0.1) is 13.8 Å². The SMILES string of the molecule is Cc1ccc(Nc2ccc3c(c2)ncn3-c2ccc(CCO)c(-n3nc(S(C)(=O)=O)cc3C)n2)nn1. The van der Waals surface area contributed by atoms with Crippen LogP contribution in [0.5, 0.6) is 0 Å². The Morgan fingerprint density at radius 1 is 1.03 bits per heavy atom. The van der Waals surface area contributed by atoms with Crippen LogP contribution >= 0.6 is 0 Å². The Bertz CT molecular complexity index is 1670. The lowest BCUT2D eigenvalue weighted by Crippen LogP contribution is -2.11. The first-order valence-corrected chi connectivity index (χ1v) is 13.0. The van der Waals surface area contributed by atoms with Crippen molar-refractivity contribution in [3.05, 3.63) is 71.8 Å². The van der Waals surface area contributed by atoms with Crippen molar-refractivity contribution in [1.82, 2.24) is 34.5 Å². The number of benzene rings is 1. The number of nitrogens with zero attached hydrogens (tertiary/aromatic N) is 7. The Morgan fingerprint density at radius 2 is 1.86 bits per heavy atom. The van der Waals surface area contributed by atoms with E-state index in [1.165, 1.54) is 10.7 Å². The van der Waals surface area contributed by atoms with E-state index in [1.54, 1.807) is 13.3 Å². The van der Waals surface area contributed by atoms with Gasteiger partial charge >= 0.3 is 0 Å². The van der Waals surface area contributed by atoms with E-state index in [9.17, 15) is 13.5 Å². The molecule has 1 aromatic carbocycles. The molecule has 4 aromatic heterocycles. The zero-order valence-corrected chi connectivity index (χ0v) is 20.7. The summed E-state index contributed by atoms with van der Waals surface area (Å²) in [5, 5.41) is 25.2. The van der Waals surface area contributed by atoms with Crippen molar-refractivity contribution >= 4 is 32.4 Å². The average molecular weight is 505 g/mol. The Hall–Kier alpha value is -4.16. The maximum absolute atomic E-state index is 12.0. The Balaban J connectivity index is 1.54. The fraction of sp³-hybridized carbons (Fsp3) is 0.208. The molecule has 0 aliphatic heterocycles. The summed E-state index contributed by atoms with van der Waals surface area (Å²) in [5.74, 6) is 1.66. The molecular formula is C24H24N8O3S. The summed E-state index contributed by atoms with van der Waals surface area (Å²) >= 11 is 0. The number of sulfone groups is 1. The van der Waals surface area contributed by atoms with Gasteiger partial charge in [-0.05, 0) is 68.3 Å². The summed E-state index contributed by atoms with van der Waals surface area (Å²) in [6, 6.07) is 14.7. The Kier molecular flexibility index (Phi) is 5.98. The molecule has 36 heavy (non-hydrogen) atoms. The van der Waals surface area contributed by atoms with E-state index in [1.807, 2.05) is 54.0 Å². The molecule has 0 unspecified atom stereocenters. The number of anilines is 2. The summed E-state index contributed by atoms with van der Waals surface area (Å²) in [7, 11) is -3.49. The predicted octanol–water partition coefficient (Wildman–Crippen LogP) is 2.69. The lowest BCUT2D eigenvalue weighted by molar-refractivity contribution is 0.299. The van der Waals surface area contributed by atoms with Crippen LogP contribution in [0.4, 0.5) is 11.5 Å². The number of rotatable bonds is 7. The molecule has 5 aromatic rings. The zero-order chi connectivity index (χ0) is 25.4. The molecule has 2 N–H and O–H groups in total. The van der Waals surface area contributed by atoms with Gasteiger partial charge < -0.3 is 10.4 Å². The molecule has 5 rings (SSSR count). The van der Waals surface area contributed by atoms with Crippen LogP contribution in [-0.4, -0.2) is 60.9 Å². The van der Waals surface area contributed by atoms with E-state index < -0.39 is 9.84 Å². The molecule has 12 heteroatoms. The summed E-state index contributed by atoms with van der Waals surface area (Å²) in [4.78, 5) is 9.32. The third kappa shape index (κ3) is 4.55. The molecule has 0 atom stereocenters. The molecule has 0 amide bonds. The lowest BCUT2D eigenvalue weighted by Gasteiger charge is -2.13. The number of aromatic nitrogens is 7. The molecular weight excluding hydrogens is 480 g/mol. The van der Waals surface area contributed by atoms with Crippen LogP contribution in [0.3, 0.4) is 0 Å². The molecule has 0 fully saturated rings. The third-order valence-electron chi connectivity index (χ3n) is 5.63. The van der Waals surface area contributed by atoms with Gasteiger partial charge in [0, 0.05) is 24.2 Å². The largest absolute Gasteiger partial charge is 0.396 e. The summed E-state index contributed by atoms with van der Waals surface area (Å²) < 4.78 is 27.4. The highest BCUT2D eigenvalue weighted by Crippen LogP contribution is 2.25. The van der Waals surface area contributed by atoms with Crippen molar-refractivity contribution in [3.63, 3.8) is 0 Å². The number of hydrogen-bond acceptors (Lipinski definition) is 9. The number of imidazole rings is 1. The van der Waals surface area contributed by atoms with Gasteiger partial charge in [-0.25, -0.2) is 23.1 Å². The minimum absolute atomic E-state index is 0.0338. The monoisotopic (exact) mass is 504 g/mol. The van der Waals surface area contributed by atoms with Gasteiger partial charge in [-0.3, -0.25) is 4.57 Å². The van der Waals surface area contributed by atoms with Gasteiger partial charge in [0.05, 0.1) is 16.7 Å². The van der Waals surface area contributed by atoms with Crippen molar-refractivity contribution in [2.75, 3.05) is 18.2 Å². The molecule has 0 saturated carbocycles. The highest BCUT2D eigenvalue weighted by Gasteiger charge is 2.18. The van der Waals surface area contributed by atoms with Gasteiger partial charge in [0.25, 0.3) is 0 Å². The van der Waals surface area contributed by atoms with Gasteiger partial charge in [0.2, 0.25) is 0 Å². The molecule has 0 spiro atoms. The van der Waals surface area contributed by atoms with E-state index in [4.69, 9.17) is 4.98 Å². The maximum Gasteiger partial charge on any atom is 0.194 e. The molecule has 11 nitrogen and oxygen atoms in total. The molecule has 0 aliphatic carbocycles. The van der Waals surface area contributed by atoms with Crippen molar-refractivity contribution in [2.24, 2.45) is 0 Å². The Labute approximate surface area is 207 Å². The number of aryl methyl sites for hydroxylation is 2. The molecule has 0 saturated heterocycles. The van der Waals surface area contributed by atoms with Crippen LogP contribution in [-0.2, 0) is 16.3 Å². The third-order valence-corrected chi connectivity index (χ3v) is 6.59. The van der Waals surface area contributed by atoms with E-state index >= 15 is 0 Å². The number of aliphatic hydroxyl groups is 1. The minimum Gasteiger partial charge on any atom is -0.396 e. The van der Waals surface area contributed by atoms with Crippen LogP contribution < -0.4 is 5.32 Å². The van der Waals surface area contributed by atoms with E-state index in [0.717, 1.165) is 34.2 Å². The summed E-state index contributed by atoms with van der Waals surface area (Å²) in [5.41, 5.74) is 4.59. The smallest absolute Gasteiger partial charge is 0.194 e. The van der Waals surface area contributed by atoms with Crippen LogP contribution in [0.2, 0.25) is 0 Å². The van der Waals surface area contributed by atoms with Crippen molar-refractivity contribution in [2.45, 2.75) is 25.3 Å². The van der Waals surface area contributed by atoms with E-state index in [-0.39, 0.29) is 11.6 Å². The minimum atomic E-state index is -3.49. The average Bonchev–Trinajstić information content (AvgIpc) is 3.44. The zero-order valence-electron chi connectivity index (χ0n) is 19.9. The quantitative estimate of drug-likeness (QED) is 0.342. The second-order valence-electron chi connectivity index (χ2n) is 8.44. The summed E-state index contributed by atoms with van der Waals surface area (Å²) in [6.07, 6.45) is 3.14. The summed E-state index contributed by atoms with van der Waals surface area (Å²) in [6.45, 7) is 3.56. The molecule has 0 radical (unpaired) electrons. The first kappa shape index (κ1) is 23.6. The first-order chi connectivity index (χ1) is 17.2. The molecule has 184 valence electrons. The second-order valence-corrected chi connectivity index (χ2v) is 10.4. The Morgan fingerprint density at radius 3 is 2.56 bits per heavy atom. The van der Waals surface area contributed by atoms with Crippen molar-refractivity contribution in [1.29, 1.82) is 0 Å². The van der Waals surface area contributed by atoms with Gasteiger partial charge in [-0.15, -0.1) is 5.10 Å². The van der Waals surface area contributed by atoms with Crippen LogP contribution in [0.15, 0.2) is 59.9 Å². The van der Waals surface area contributed by atoms with E-state index in [2.05, 4.69) is 25.6 Å². The molecule has 0 aliphatic rings. The van der Waals surface area contributed by atoms with Gasteiger partial charge in [0.15, 0.2) is 26.5 Å². The molecule has 4 heterocycles. The van der Waals surface area contributed by atoms with Crippen molar-refractivity contribution < 1.29 is 13.5 Å². The highest BCUT2D eigenvalue weighted by molar-refractivity contribution is 7.90. The highest BCUT2D eigenvalue weighted by atomic mass is 32.2. The fourth-order valence-corrected chi connectivity index (χ4v) is 4.44. The predicted molar refractivity (Wildman–Crippen MR) is 135 cm³/mol. The van der Waals surface area contributed by atoms with Gasteiger partial charge in [-0.2, -0.15) is 10.2 Å². The topological polar surface area (TPSA) is 141 Å². The number of fused-ring (bicyclic) bond motifs is 1. The number of pyridine rings is 1. The maximum atomic E-state index is 12.0. The van der Waals surface area contributed by atoms with Crippen molar-refractivity contribution in [3.8, 4) is 11.6 Å². The standard InChI is InChI=1S/C24H24N8O3S/c1-15-4-8-21(29-28-15)26-18-6-7-20-19(13-18)25-14-31(20)22-9-5-17(10-11-33)24(27-22)32-16(2)12-23(30-32)36(3,34)35/h4-9,12-14,33H,10-11H2,1-3H3,(H,26,29). The second kappa shape index (κ2) is 9.13. The van der Waals surface area contributed by atoms with Crippen LogP contribution in [0.25, 0.3) is 22.7 Å². The number of hydrogen-bond donors (Lipinski definition) is 2. The first-order valence-electron chi connectivity index (χ1n) is 11.2. The van der Waals surface area contributed by atoms with Gasteiger partial charge in [0.1, 0.15) is 12.1 Å².